The number of hydrogen-bond acceptors (Lipinski definition) is 5. The maximum absolute atomic E-state index is 13.0. The summed E-state index contributed by atoms with van der Waals surface area (Å²) >= 11 is 11.2. The molecule has 0 amide bonds. The minimum absolute atomic E-state index is 0.00936. The molecular formula is C23H28BrClO5. The van der Waals surface area contributed by atoms with Gasteiger partial charge in [-0.25, -0.2) is 0 Å². The Morgan fingerprint density at radius 1 is 1.30 bits per heavy atom. The van der Waals surface area contributed by atoms with Crippen molar-refractivity contribution in [3.8, 4) is 0 Å². The Bertz CT molecular complexity index is 883. The molecule has 30 heavy (non-hydrogen) atoms. The Morgan fingerprint density at radius 2 is 2.00 bits per heavy atom. The summed E-state index contributed by atoms with van der Waals surface area (Å²) in [5.41, 5.74) is -1.58. The zero-order valence-corrected chi connectivity index (χ0v) is 19.9. The van der Waals surface area contributed by atoms with Crippen molar-refractivity contribution >= 4 is 45.1 Å². The van der Waals surface area contributed by atoms with Crippen LogP contribution < -0.4 is 0 Å². The molecule has 0 aromatic heterocycles. The van der Waals surface area contributed by atoms with Crippen LogP contribution in [0.5, 0.6) is 0 Å². The molecule has 4 aliphatic rings. The molecule has 0 aromatic rings. The van der Waals surface area contributed by atoms with E-state index in [4.69, 9.17) is 16.3 Å². The molecule has 0 heterocycles. The van der Waals surface area contributed by atoms with Crippen molar-refractivity contribution in [2.45, 2.75) is 68.2 Å². The normalized spacial score (nSPS) is 47.1. The number of ether oxygens (including phenoxy) is 1. The van der Waals surface area contributed by atoms with Crippen LogP contribution in [0.3, 0.4) is 0 Å². The minimum Gasteiger partial charge on any atom is -0.458 e. The van der Waals surface area contributed by atoms with Crippen molar-refractivity contribution < 1.29 is 24.2 Å². The second-order valence-corrected chi connectivity index (χ2v) is 11.7. The maximum Gasteiger partial charge on any atom is 0.303 e. The number of carbonyl (C=O) groups is 3. The maximum atomic E-state index is 13.0. The molecule has 0 bridgehead atoms. The van der Waals surface area contributed by atoms with Gasteiger partial charge in [0, 0.05) is 17.8 Å². The average molecular weight is 500 g/mol. The Labute approximate surface area is 190 Å². The van der Waals surface area contributed by atoms with Crippen molar-refractivity contribution in [3.63, 3.8) is 0 Å². The molecular weight excluding hydrogens is 472 g/mol. The summed E-state index contributed by atoms with van der Waals surface area (Å²) in [4.78, 5) is 36.1. The van der Waals surface area contributed by atoms with Crippen LogP contribution in [0.4, 0.5) is 0 Å². The number of Topliss-reactive ketones (excluding diaryl/α,β-unsaturated/α-hetero) is 1. The highest BCUT2D eigenvalue weighted by molar-refractivity contribution is 9.10. The second-order valence-electron chi connectivity index (χ2n) is 9.82. The number of rotatable bonds is 3. The van der Waals surface area contributed by atoms with Gasteiger partial charge in [-0.2, -0.15) is 0 Å². The summed E-state index contributed by atoms with van der Waals surface area (Å²) in [6, 6.07) is 0. The predicted molar refractivity (Wildman–Crippen MR) is 116 cm³/mol. The van der Waals surface area contributed by atoms with E-state index < -0.39 is 39.1 Å². The van der Waals surface area contributed by atoms with Crippen LogP contribution in [0.15, 0.2) is 23.8 Å². The number of ketones is 2. The standard InChI is InChI=1S/C23H28BrClO5/c1-13(26)30-12-19(28)22(29)9-7-16-17-5-4-14-10-15(27)6-8-20(14,2)23(17,24)18(25)11-21(16,22)3/h6,8,10,16-18,29H,4-5,7,9,11-12H2,1-3H3/t16-,17-,18-,20-,21-,22-,23-/m0/s1. The van der Waals surface area contributed by atoms with Gasteiger partial charge >= 0.3 is 5.97 Å². The third-order valence-electron chi connectivity index (χ3n) is 8.62. The molecule has 4 rings (SSSR count). The van der Waals surface area contributed by atoms with Gasteiger partial charge in [0.05, 0.1) is 9.70 Å². The predicted octanol–water partition coefficient (Wildman–Crippen LogP) is 3.89. The molecule has 0 spiro atoms. The van der Waals surface area contributed by atoms with Gasteiger partial charge in [0.15, 0.2) is 12.4 Å². The van der Waals surface area contributed by atoms with E-state index >= 15 is 0 Å². The first kappa shape index (κ1) is 22.2. The quantitative estimate of drug-likeness (QED) is 0.471. The van der Waals surface area contributed by atoms with Gasteiger partial charge in [0.2, 0.25) is 5.78 Å². The van der Waals surface area contributed by atoms with Crippen LogP contribution in [0.1, 0.15) is 52.9 Å². The van der Waals surface area contributed by atoms with Gasteiger partial charge in [-0.1, -0.05) is 41.4 Å². The number of halogens is 2. The monoisotopic (exact) mass is 498 g/mol. The zero-order valence-electron chi connectivity index (χ0n) is 17.5. The number of allylic oxidation sites excluding steroid dienone is 4. The molecule has 0 radical (unpaired) electrons. The lowest BCUT2D eigenvalue weighted by Crippen LogP contribution is -2.67. The largest absolute Gasteiger partial charge is 0.458 e. The van der Waals surface area contributed by atoms with Crippen molar-refractivity contribution in [2.24, 2.45) is 22.7 Å². The minimum atomic E-state index is -1.57. The van der Waals surface area contributed by atoms with E-state index in [1.54, 1.807) is 12.2 Å². The van der Waals surface area contributed by atoms with E-state index in [9.17, 15) is 19.5 Å². The van der Waals surface area contributed by atoms with Gasteiger partial charge in [-0.15, -0.1) is 11.6 Å². The van der Waals surface area contributed by atoms with E-state index in [1.165, 1.54) is 6.92 Å². The number of carbonyl (C=O) groups excluding carboxylic acids is 3. The fraction of sp³-hybridized carbons (Fsp3) is 0.696. The van der Waals surface area contributed by atoms with Gasteiger partial charge in [0.1, 0.15) is 5.60 Å². The first-order valence-corrected chi connectivity index (χ1v) is 11.8. The highest BCUT2D eigenvalue weighted by Gasteiger charge is 2.72. The molecule has 4 aliphatic carbocycles. The van der Waals surface area contributed by atoms with Crippen molar-refractivity contribution in [1.29, 1.82) is 0 Å². The van der Waals surface area contributed by atoms with Gasteiger partial charge in [-0.3, -0.25) is 14.4 Å². The molecule has 0 aliphatic heterocycles. The Morgan fingerprint density at radius 3 is 2.67 bits per heavy atom. The van der Waals surface area contributed by atoms with E-state index in [2.05, 4.69) is 22.9 Å². The smallest absolute Gasteiger partial charge is 0.303 e. The fourth-order valence-electron chi connectivity index (χ4n) is 6.89. The van der Waals surface area contributed by atoms with Gasteiger partial charge in [0.25, 0.3) is 0 Å². The molecule has 7 heteroatoms. The summed E-state index contributed by atoms with van der Waals surface area (Å²) in [6.45, 7) is 4.93. The molecule has 3 saturated carbocycles. The SMILES string of the molecule is CC(=O)OCC(=O)[C@@]1(O)CC[C@H]2[C@@H]3CCC4=CC(=O)C=C[C@]4(C)[C@@]3(Br)[C@@H](Cl)C[C@@]21C. The van der Waals surface area contributed by atoms with E-state index in [-0.39, 0.29) is 23.0 Å². The van der Waals surface area contributed by atoms with Gasteiger partial charge < -0.3 is 9.84 Å². The Hall–Kier alpha value is -0.980. The summed E-state index contributed by atoms with van der Waals surface area (Å²) in [7, 11) is 0. The topological polar surface area (TPSA) is 80.7 Å². The molecule has 3 fully saturated rings. The summed E-state index contributed by atoms with van der Waals surface area (Å²) in [6.07, 6.45) is 8.48. The number of esters is 1. The Balaban J connectivity index is 1.72. The molecule has 1 N–H and O–H groups in total. The molecule has 164 valence electrons. The lowest BCUT2D eigenvalue weighted by Gasteiger charge is -2.64. The van der Waals surface area contributed by atoms with Gasteiger partial charge in [-0.05, 0) is 56.1 Å². The zero-order chi connectivity index (χ0) is 22.1. The molecule has 0 aromatic carbocycles. The lowest BCUT2D eigenvalue weighted by molar-refractivity contribution is -0.166. The van der Waals surface area contributed by atoms with Crippen molar-refractivity contribution in [3.05, 3.63) is 23.8 Å². The van der Waals surface area contributed by atoms with Crippen molar-refractivity contribution in [2.75, 3.05) is 6.61 Å². The van der Waals surface area contributed by atoms with E-state index in [0.717, 1.165) is 18.4 Å². The van der Waals surface area contributed by atoms with Crippen LogP contribution in [-0.2, 0) is 19.1 Å². The molecule has 5 nitrogen and oxygen atoms in total. The van der Waals surface area contributed by atoms with Crippen LogP contribution in [-0.4, -0.2) is 44.6 Å². The second kappa shape index (κ2) is 7.01. The summed E-state index contributed by atoms with van der Waals surface area (Å²) < 4.78 is 4.44. The Kier molecular flexibility index (Phi) is 5.19. The summed E-state index contributed by atoms with van der Waals surface area (Å²) in [5, 5.41) is 11.2. The average Bonchev–Trinajstić information content (AvgIpc) is 2.94. The first-order chi connectivity index (χ1) is 13.9. The highest BCUT2D eigenvalue weighted by Crippen LogP contribution is 2.71. The first-order valence-electron chi connectivity index (χ1n) is 10.6. The number of alkyl halides is 2. The number of aliphatic hydroxyl groups is 1. The molecule has 0 saturated heterocycles. The van der Waals surface area contributed by atoms with Crippen LogP contribution in [0.25, 0.3) is 0 Å². The van der Waals surface area contributed by atoms with Crippen LogP contribution in [0, 0.1) is 22.7 Å². The van der Waals surface area contributed by atoms with E-state index in [1.807, 2.05) is 13.0 Å². The third-order valence-corrected chi connectivity index (χ3v) is 11.3. The fourth-order valence-corrected chi connectivity index (χ4v) is 8.70. The number of hydrogen-bond donors (Lipinski definition) is 1. The highest BCUT2D eigenvalue weighted by atomic mass is 79.9. The van der Waals surface area contributed by atoms with Crippen LogP contribution in [0.2, 0.25) is 0 Å². The summed E-state index contributed by atoms with van der Waals surface area (Å²) in [5.74, 6) is -0.755. The van der Waals surface area contributed by atoms with E-state index in [0.29, 0.717) is 19.3 Å². The van der Waals surface area contributed by atoms with Crippen molar-refractivity contribution in [1.82, 2.24) is 0 Å². The van der Waals surface area contributed by atoms with Crippen LogP contribution >= 0.6 is 27.5 Å². The molecule has 7 atom stereocenters. The number of fused-ring (bicyclic) bond motifs is 5. The third kappa shape index (κ3) is 2.72. The molecule has 0 unspecified atom stereocenters. The lowest BCUT2D eigenvalue weighted by atomic mass is 9.46.